The van der Waals surface area contributed by atoms with Gasteiger partial charge in [-0.15, -0.1) is 0 Å². The Bertz CT molecular complexity index is 522. The summed E-state index contributed by atoms with van der Waals surface area (Å²) in [5.41, 5.74) is 1.07. The first-order chi connectivity index (χ1) is 9.20. The molecule has 2 aromatic rings. The van der Waals surface area contributed by atoms with Crippen molar-refractivity contribution in [1.29, 1.82) is 0 Å². The predicted octanol–water partition coefficient (Wildman–Crippen LogP) is 3.06. The molecule has 3 heteroatoms. The van der Waals surface area contributed by atoms with Crippen LogP contribution in [0.2, 0.25) is 0 Å². The summed E-state index contributed by atoms with van der Waals surface area (Å²) >= 11 is 0. The minimum atomic E-state index is 0.531. The quantitative estimate of drug-likeness (QED) is 0.862. The number of aromatic nitrogens is 1. The van der Waals surface area contributed by atoms with Crippen LogP contribution in [0.1, 0.15) is 20.8 Å². The molecule has 0 amide bonds. The highest BCUT2D eigenvalue weighted by Gasteiger charge is 2.06. The number of likely N-dealkylation sites (N-methyl/N-ethyl adjacent to an activating group) is 1. The monoisotopic (exact) mass is 257 g/mol. The van der Waals surface area contributed by atoms with E-state index in [1.807, 2.05) is 12.1 Å². The minimum Gasteiger partial charge on any atom is -0.356 e. The molecule has 19 heavy (non-hydrogen) atoms. The molecule has 0 radical (unpaired) electrons. The smallest absolute Gasteiger partial charge is 0.129 e. The largest absolute Gasteiger partial charge is 0.356 e. The van der Waals surface area contributed by atoms with Crippen molar-refractivity contribution in [3.63, 3.8) is 0 Å². The van der Waals surface area contributed by atoms with Crippen LogP contribution in [0.4, 0.5) is 5.82 Å². The maximum absolute atomic E-state index is 4.74. The maximum Gasteiger partial charge on any atom is 0.129 e. The van der Waals surface area contributed by atoms with Crippen LogP contribution in [0, 0.1) is 0 Å². The van der Waals surface area contributed by atoms with Gasteiger partial charge in [0.2, 0.25) is 0 Å². The Morgan fingerprint density at radius 2 is 1.95 bits per heavy atom. The van der Waals surface area contributed by atoms with E-state index in [4.69, 9.17) is 4.98 Å². The Labute approximate surface area is 115 Å². The van der Waals surface area contributed by atoms with Gasteiger partial charge in [0, 0.05) is 31.1 Å². The number of hydrogen-bond acceptors (Lipinski definition) is 3. The zero-order valence-electron chi connectivity index (χ0n) is 12.1. The Morgan fingerprint density at radius 1 is 1.16 bits per heavy atom. The van der Waals surface area contributed by atoms with Gasteiger partial charge in [0.05, 0.1) is 5.52 Å². The lowest BCUT2D eigenvalue weighted by atomic mass is 10.2. The number of para-hydroxylation sites is 1. The second kappa shape index (κ2) is 6.53. The molecule has 0 fully saturated rings. The Balaban J connectivity index is 2.11. The number of rotatable bonds is 6. The summed E-state index contributed by atoms with van der Waals surface area (Å²) in [6.45, 7) is 9.46. The van der Waals surface area contributed by atoms with E-state index in [1.165, 1.54) is 5.39 Å². The third kappa shape index (κ3) is 3.67. The first-order valence-corrected chi connectivity index (χ1v) is 7.05. The lowest BCUT2D eigenvalue weighted by molar-refractivity contribution is 0.582. The van der Waals surface area contributed by atoms with Gasteiger partial charge in [-0.05, 0) is 25.1 Å². The average Bonchev–Trinajstić information content (AvgIpc) is 2.43. The van der Waals surface area contributed by atoms with Crippen LogP contribution in [0.15, 0.2) is 36.4 Å². The molecule has 0 saturated carbocycles. The topological polar surface area (TPSA) is 28.2 Å². The van der Waals surface area contributed by atoms with E-state index in [1.54, 1.807) is 0 Å². The summed E-state index contributed by atoms with van der Waals surface area (Å²) in [6, 6.07) is 13.0. The van der Waals surface area contributed by atoms with E-state index >= 15 is 0 Å². The molecule has 0 atom stereocenters. The SMILES string of the molecule is CCN(CCNC(C)C)c1ccc2ccccc2n1. The zero-order valence-corrected chi connectivity index (χ0v) is 12.1. The fourth-order valence-electron chi connectivity index (χ4n) is 2.15. The Kier molecular flexibility index (Phi) is 4.74. The van der Waals surface area contributed by atoms with Crippen molar-refractivity contribution in [2.24, 2.45) is 0 Å². The number of anilines is 1. The minimum absolute atomic E-state index is 0.531. The third-order valence-electron chi connectivity index (χ3n) is 3.22. The van der Waals surface area contributed by atoms with Crippen LogP contribution in [0.3, 0.4) is 0 Å². The van der Waals surface area contributed by atoms with E-state index in [2.05, 4.69) is 55.3 Å². The molecule has 1 aromatic carbocycles. The summed E-state index contributed by atoms with van der Waals surface area (Å²) in [7, 11) is 0. The standard InChI is InChI=1S/C16H23N3/c1-4-19(12-11-17-13(2)3)16-10-9-14-7-5-6-8-15(14)18-16/h5-10,13,17H,4,11-12H2,1-3H3. The van der Waals surface area contributed by atoms with Crippen molar-refractivity contribution in [2.75, 3.05) is 24.5 Å². The van der Waals surface area contributed by atoms with Crippen molar-refractivity contribution in [1.82, 2.24) is 10.3 Å². The van der Waals surface area contributed by atoms with Gasteiger partial charge in [-0.2, -0.15) is 0 Å². The van der Waals surface area contributed by atoms with Gasteiger partial charge in [-0.1, -0.05) is 32.0 Å². The van der Waals surface area contributed by atoms with Crippen LogP contribution in [0.5, 0.6) is 0 Å². The number of hydrogen-bond donors (Lipinski definition) is 1. The van der Waals surface area contributed by atoms with E-state index < -0.39 is 0 Å². The second-order valence-electron chi connectivity index (χ2n) is 5.05. The average molecular weight is 257 g/mol. The molecular formula is C16H23N3. The van der Waals surface area contributed by atoms with Crippen LogP contribution >= 0.6 is 0 Å². The predicted molar refractivity (Wildman–Crippen MR) is 82.8 cm³/mol. The fourth-order valence-corrected chi connectivity index (χ4v) is 2.15. The van der Waals surface area contributed by atoms with E-state index in [9.17, 15) is 0 Å². The summed E-state index contributed by atoms with van der Waals surface area (Å²) in [5, 5.41) is 4.64. The van der Waals surface area contributed by atoms with Gasteiger partial charge in [-0.25, -0.2) is 4.98 Å². The van der Waals surface area contributed by atoms with Crippen molar-refractivity contribution >= 4 is 16.7 Å². The van der Waals surface area contributed by atoms with Crippen LogP contribution < -0.4 is 10.2 Å². The van der Waals surface area contributed by atoms with Gasteiger partial charge in [0.15, 0.2) is 0 Å². The van der Waals surface area contributed by atoms with Crippen molar-refractivity contribution in [3.05, 3.63) is 36.4 Å². The molecule has 3 nitrogen and oxygen atoms in total. The van der Waals surface area contributed by atoms with Crippen molar-refractivity contribution in [2.45, 2.75) is 26.8 Å². The number of nitrogens with one attached hydrogen (secondary N) is 1. The van der Waals surface area contributed by atoms with Crippen LogP contribution in [-0.4, -0.2) is 30.7 Å². The van der Waals surface area contributed by atoms with E-state index in [-0.39, 0.29) is 0 Å². The van der Waals surface area contributed by atoms with Gasteiger partial charge in [0.1, 0.15) is 5.82 Å². The molecule has 0 aliphatic carbocycles. The Morgan fingerprint density at radius 3 is 2.68 bits per heavy atom. The lowest BCUT2D eigenvalue weighted by Crippen LogP contribution is -2.35. The van der Waals surface area contributed by atoms with Crippen LogP contribution in [-0.2, 0) is 0 Å². The van der Waals surface area contributed by atoms with Crippen LogP contribution in [0.25, 0.3) is 10.9 Å². The van der Waals surface area contributed by atoms with Gasteiger partial charge < -0.3 is 10.2 Å². The molecular weight excluding hydrogens is 234 g/mol. The lowest BCUT2D eigenvalue weighted by Gasteiger charge is -2.23. The summed E-state index contributed by atoms with van der Waals surface area (Å²) in [4.78, 5) is 7.05. The number of nitrogens with zero attached hydrogens (tertiary/aromatic N) is 2. The molecule has 1 aromatic heterocycles. The van der Waals surface area contributed by atoms with E-state index in [0.717, 1.165) is 31.0 Å². The van der Waals surface area contributed by atoms with E-state index in [0.29, 0.717) is 6.04 Å². The Hall–Kier alpha value is -1.61. The first-order valence-electron chi connectivity index (χ1n) is 7.05. The first kappa shape index (κ1) is 13.8. The summed E-state index contributed by atoms with van der Waals surface area (Å²) in [5.74, 6) is 1.06. The number of benzene rings is 1. The highest BCUT2D eigenvalue weighted by molar-refractivity contribution is 5.80. The zero-order chi connectivity index (χ0) is 13.7. The molecule has 0 spiro atoms. The molecule has 1 heterocycles. The third-order valence-corrected chi connectivity index (χ3v) is 3.22. The molecule has 0 unspecified atom stereocenters. The number of pyridine rings is 1. The van der Waals surface area contributed by atoms with Gasteiger partial charge in [0.25, 0.3) is 0 Å². The summed E-state index contributed by atoms with van der Waals surface area (Å²) in [6.07, 6.45) is 0. The molecule has 0 saturated heterocycles. The molecule has 0 aliphatic rings. The van der Waals surface area contributed by atoms with Crippen molar-refractivity contribution < 1.29 is 0 Å². The fraction of sp³-hybridized carbons (Fsp3) is 0.438. The molecule has 2 rings (SSSR count). The normalized spacial score (nSPS) is 11.2. The van der Waals surface area contributed by atoms with Gasteiger partial charge in [-0.3, -0.25) is 0 Å². The van der Waals surface area contributed by atoms with Gasteiger partial charge >= 0.3 is 0 Å². The van der Waals surface area contributed by atoms with Crippen molar-refractivity contribution in [3.8, 4) is 0 Å². The number of fused-ring (bicyclic) bond motifs is 1. The maximum atomic E-state index is 4.74. The second-order valence-corrected chi connectivity index (χ2v) is 5.05. The molecule has 0 bridgehead atoms. The molecule has 1 N–H and O–H groups in total. The highest BCUT2D eigenvalue weighted by atomic mass is 15.2. The summed E-state index contributed by atoms with van der Waals surface area (Å²) < 4.78 is 0. The molecule has 102 valence electrons. The highest BCUT2D eigenvalue weighted by Crippen LogP contribution is 2.17. The molecule has 0 aliphatic heterocycles.